The maximum Gasteiger partial charge on any atom is 0.131 e. The van der Waals surface area contributed by atoms with Gasteiger partial charge in [-0.2, -0.15) is 0 Å². The minimum atomic E-state index is -0.226. The fourth-order valence-electron chi connectivity index (χ4n) is 2.23. The average Bonchev–Trinajstić information content (AvgIpc) is 2.40. The molecule has 0 saturated carbocycles. The molecule has 0 amide bonds. The van der Waals surface area contributed by atoms with Crippen molar-refractivity contribution < 1.29 is 4.39 Å². The van der Waals surface area contributed by atoms with Crippen molar-refractivity contribution in [1.29, 1.82) is 0 Å². The first kappa shape index (κ1) is 12.6. The number of anilines is 1. The van der Waals surface area contributed by atoms with E-state index in [0.29, 0.717) is 11.3 Å². The average molecular weight is 243 g/mol. The normalized spacial score (nSPS) is 10.6. The van der Waals surface area contributed by atoms with Crippen LogP contribution in [0.1, 0.15) is 25.0 Å². The van der Waals surface area contributed by atoms with Crippen LogP contribution >= 0.6 is 0 Å². The van der Waals surface area contributed by atoms with Gasteiger partial charge in [-0.3, -0.25) is 0 Å². The number of hydrogen-bond acceptors (Lipinski definition) is 1. The van der Waals surface area contributed by atoms with Gasteiger partial charge in [0.2, 0.25) is 0 Å². The Balaban J connectivity index is 2.54. The van der Waals surface area contributed by atoms with Crippen LogP contribution in [-0.2, 0) is 12.8 Å². The Hall–Kier alpha value is -1.83. The zero-order chi connectivity index (χ0) is 13.1. The summed E-state index contributed by atoms with van der Waals surface area (Å²) < 4.78 is 13.8. The quantitative estimate of drug-likeness (QED) is 0.803. The molecular weight excluding hydrogens is 225 g/mol. The SMILES string of the molecule is CCc1ccc(-c2cc(N)ccc2F)cc1CC. The molecule has 0 unspecified atom stereocenters. The molecule has 2 N–H and O–H groups in total. The molecule has 0 heterocycles. The number of halogens is 1. The molecule has 0 atom stereocenters. The van der Waals surface area contributed by atoms with Crippen LogP contribution < -0.4 is 5.73 Å². The topological polar surface area (TPSA) is 26.0 Å². The van der Waals surface area contributed by atoms with Gasteiger partial charge in [-0.15, -0.1) is 0 Å². The van der Waals surface area contributed by atoms with E-state index in [1.807, 2.05) is 6.07 Å². The largest absolute Gasteiger partial charge is 0.399 e. The molecule has 2 rings (SSSR count). The van der Waals surface area contributed by atoms with E-state index < -0.39 is 0 Å². The molecule has 0 aromatic heterocycles. The molecule has 0 radical (unpaired) electrons. The number of nitrogen functional groups attached to an aromatic ring is 1. The van der Waals surface area contributed by atoms with E-state index >= 15 is 0 Å². The van der Waals surface area contributed by atoms with E-state index in [4.69, 9.17) is 5.73 Å². The van der Waals surface area contributed by atoms with Crippen molar-refractivity contribution in [3.05, 3.63) is 53.3 Å². The molecule has 18 heavy (non-hydrogen) atoms. The van der Waals surface area contributed by atoms with Crippen molar-refractivity contribution in [3.8, 4) is 11.1 Å². The predicted molar refractivity (Wildman–Crippen MR) is 75.0 cm³/mol. The predicted octanol–water partition coefficient (Wildman–Crippen LogP) is 4.20. The number of aryl methyl sites for hydroxylation is 2. The Kier molecular flexibility index (Phi) is 3.66. The highest BCUT2D eigenvalue weighted by Crippen LogP contribution is 2.27. The minimum absolute atomic E-state index is 0.226. The highest BCUT2D eigenvalue weighted by molar-refractivity contribution is 5.69. The monoisotopic (exact) mass is 243 g/mol. The van der Waals surface area contributed by atoms with Crippen molar-refractivity contribution in [2.45, 2.75) is 26.7 Å². The zero-order valence-electron chi connectivity index (χ0n) is 10.8. The van der Waals surface area contributed by atoms with Gasteiger partial charge in [0, 0.05) is 11.3 Å². The second-order valence-corrected chi connectivity index (χ2v) is 4.43. The van der Waals surface area contributed by atoms with Crippen LogP contribution in [0.3, 0.4) is 0 Å². The Bertz CT molecular complexity index is 561. The van der Waals surface area contributed by atoms with Crippen LogP contribution in [0.15, 0.2) is 36.4 Å². The lowest BCUT2D eigenvalue weighted by Gasteiger charge is -2.10. The zero-order valence-corrected chi connectivity index (χ0v) is 10.8. The third-order valence-corrected chi connectivity index (χ3v) is 3.27. The number of hydrogen-bond donors (Lipinski definition) is 1. The van der Waals surface area contributed by atoms with Crippen molar-refractivity contribution in [2.75, 3.05) is 5.73 Å². The van der Waals surface area contributed by atoms with Crippen LogP contribution in [0.25, 0.3) is 11.1 Å². The van der Waals surface area contributed by atoms with Crippen molar-refractivity contribution in [3.63, 3.8) is 0 Å². The molecule has 0 bridgehead atoms. The number of nitrogens with two attached hydrogens (primary N) is 1. The minimum Gasteiger partial charge on any atom is -0.399 e. The Morgan fingerprint density at radius 1 is 0.944 bits per heavy atom. The third kappa shape index (κ3) is 2.37. The van der Waals surface area contributed by atoms with Crippen LogP contribution in [0.5, 0.6) is 0 Å². The van der Waals surface area contributed by atoms with Gasteiger partial charge in [0.1, 0.15) is 5.82 Å². The van der Waals surface area contributed by atoms with E-state index in [1.54, 1.807) is 12.1 Å². The molecule has 0 aliphatic rings. The molecule has 0 saturated heterocycles. The standard InChI is InChI=1S/C16H18FN/c1-3-11-5-6-13(9-12(11)4-2)15-10-14(18)7-8-16(15)17/h5-10H,3-4,18H2,1-2H3. The highest BCUT2D eigenvalue weighted by Gasteiger charge is 2.08. The van der Waals surface area contributed by atoms with Crippen LogP contribution in [0, 0.1) is 5.82 Å². The van der Waals surface area contributed by atoms with Crippen molar-refractivity contribution in [2.24, 2.45) is 0 Å². The lowest BCUT2D eigenvalue weighted by Crippen LogP contribution is -1.94. The first-order valence-electron chi connectivity index (χ1n) is 6.33. The summed E-state index contributed by atoms with van der Waals surface area (Å²) in [6, 6.07) is 10.8. The fourth-order valence-corrected chi connectivity index (χ4v) is 2.23. The molecule has 0 spiro atoms. The van der Waals surface area contributed by atoms with E-state index in [9.17, 15) is 4.39 Å². The third-order valence-electron chi connectivity index (χ3n) is 3.27. The molecular formula is C16H18FN. The van der Waals surface area contributed by atoms with Gasteiger partial charge >= 0.3 is 0 Å². The summed E-state index contributed by atoms with van der Waals surface area (Å²) in [7, 11) is 0. The summed E-state index contributed by atoms with van der Waals surface area (Å²) in [6.07, 6.45) is 1.96. The first-order chi connectivity index (χ1) is 8.65. The van der Waals surface area contributed by atoms with Crippen LogP contribution in [-0.4, -0.2) is 0 Å². The fraction of sp³-hybridized carbons (Fsp3) is 0.250. The van der Waals surface area contributed by atoms with Crippen LogP contribution in [0.4, 0.5) is 10.1 Å². The maximum atomic E-state index is 13.8. The van der Waals surface area contributed by atoms with E-state index in [2.05, 4.69) is 26.0 Å². The lowest BCUT2D eigenvalue weighted by atomic mass is 9.96. The summed E-state index contributed by atoms with van der Waals surface area (Å²) >= 11 is 0. The summed E-state index contributed by atoms with van der Waals surface area (Å²) in [5.74, 6) is -0.226. The second-order valence-electron chi connectivity index (χ2n) is 4.43. The van der Waals surface area contributed by atoms with Crippen molar-refractivity contribution in [1.82, 2.24) is 0 Å². The first-order valence-corrected chi connectivity index (χ1v) is 6.33. The molecule has 2 aromatic rings. The van der Waals surface area contributed by atoms with Gasteiger partial charge < -0.3 is 5.73 Å². The summed E-state index contributed by atoms with van der Waals surface area (Å²) in [4.78, 5) is 0. The number of benzene rings is 2. The van der Waals surface area contributed by atoms with E-state index in [1.165, 1.54) is 17.2 Å². The highest BCUT2D eigenvalue weighted by atomic mass is 19.1. The van der Waals surface area contributed by atoms with Gasteiger partial charge in [-0.25, -0.2) is 4.39 Å². The smallest absolute Gasteiger partial charge is 0.131 e. The molecule has 1 nitrogen and oxygen atoms in total. The molecule has 0 fully saturated rings. The van der Waals surface area contributed by atoms with E-state index in [0.717, 1.165) is 18.4 Å². The number of rotatable bonds is 3. The maximum absolute atomic E-state index is 13.8. The molecule has 2 heteroatoms. The molecule has 0 aliphatic heterocycles. The molecule has 0 aliphatic carbocycles. The summed E-state index contributed by atoms with van der Waals surface area (Å²) in [6.45, 7) is 4.25. The lowest BCUT2D eigenvalue weighted by molar-refractivity contribution is 0.631. The summed E-state index contributed by atoms with van der Waals surface area (Å²) in [5.41, 5.74) is 10.4. The van der Waals surface area contributed by atoms with Crippen LogP contribution in [0.2, 0.25) is 0 Å². The van der Waals surface area contributed by atoms with Gasteiger partial charge in [0.15, 0.2) is 0 Å². The second kappa shape index (κ2) is 5.21. The van der Waals surface area contributed by atoms with Gasteiger partial charge in [-0.05, 0) is 47.7 Å². The van der Waals surface area contributed by atoms with Gasteiger partial charge in [-0.1, -0.05) is 32.0 Å². The Labute approximate surface area is 107 Å². The van der Waals surface area contributed by atoms with E-state index in [-0.39, 0.29) is 5.82 Å². The Morgan fingerprint density at radius 2 is 1.67 bits per heavy atom. The van der Waals surface area contributed by atoms with Gasteiger partial charge in [0.05, 0.1) is 0 Å². The molecule has 94 valence electrons. The summed E-state index contributed by atoms with van der Waals surface area (Å²) in [5, 5.41) is 0. The Morgan fingerprint density at radius 3 is 2.33 bits per heavy atom. The van der Waals surface area contributed by atoms with Gasteiger partial charge in [0.25, 0.3) is 0 Å². The van der Waals surface area contributed by atoms with Crippen molar-refractivity contribution >= 4 is 5.69 Å². The molecule has 2 aromatic carbocycles.